The topological polar surface area (TPSA) is 117 Å². The van der Waals surface area contributed by atoms with Gasteiger partial charge in [0, 0.05) is 11.3 Å². The Morgan fingerprint density at radius 3 is 2.46 bits per heavy atom. The summed E-state index contributed by atoms with van der Waals surface area (Å²) in [5.41, 5.74) is 6.66. The lowest BCUT2D eigenvalue weighted by atomic mass is 10.1. The molecule has 5 N–H and O–H groups in total. The number of oxime groups is 1. The monoisotopic (exact) mass is 333 g/mol. The van der Waals surface area contributed by atoms with Crippen molar-refractivity contribution in [1.29, 1.82) is 0 Å². The van der Waals surface area contributed by atoms with Crippen LogP contribution in [0.1, 0.15) is 17.2 Å². The molecular weight excluding hydrogens is 317 g/mol. The van der Waals surface area contributed by atoms with E-state index < -0.39 is 17.8 Å². The number of aliphatic carboxylic acids is 1. The number of carbonyl (C=O) groups is 1. The van der Waals surface area contributed by atoms with E-state index in [1.165, 1.54) is 19.2 Å². The number of ether oxygens (including phenoxy) is 1. The van der Waals surface area contributed by atoms with E-state index in [1.807, 2.05) is 0 Å². The number of amidine groups is 1. The fourth-order valence-corrected chi connectivity index (χ4v) is 2.11. The summed E-state index contributed by atoms with van der Waals surface area (Å²) in [7, 11) is 1.33. The minimum atomic E-state index is -1.17. The third-order valence-corrected chi connectivity index (χ3v) is 3.36. The molecule has 1 unspecified atom stereocenters. The molecule has 24 heavy (non-hydrogen) atoms. The molecule has 0 saturated carbocycles. The van der Waals surface area contributed by atoms with E-state index >= 15 is 0 Å². The Bertz CT molecular complexity index is 762. The van der Waals surface area contributed by atoms with E-state index in [2.05, 4.69) is 10.5 Å². The molecular formula is C16H16FN3O4. The maximum atomic E-state index is 13.8. The minimum Gasteiger partial charge on any atom is -0.494 e. The smallest absolute Gasteiger partial charge is 0.330 e. The second kappa shape index (κ2) is 7.32. The number of carboxylic acids is 1. The zero-order valence-electron chi connectivity index (χ0n) is 12.7. The highest BCUT2D eigenvalue weighted by Gasteiger charge is 2.21. The van der Waals surface area contributed by atoms with Crippen molar-refractivity contribution < 1.29 is 24.2 Å². The molecule has 0 radical (unpaired) electrons. The van der Waals surface area contributed by atoms with E-state index in [4.69, 9.17) is 15.7 Å². The van der Waals surface area contributed by atoms with Gasteiger partial charge in [0.25, 0.3) is 0 Å². The SMILES string of the molecule is COc1ccc(C(Nc2ccc(C(N)=NO)cc2)C(=O)O)cc1F. The Kier molecular flexibility index (Phi) is 5.20. The number of carboxylic acid groups (broad SMARTS) is 1. The summed E-state index contributed by atoms with van der Waals surface area (Å²) in [5.74, 6) is -1.84. The fraction of sp³-hybridized carbons (Fsp3) is 0.125. The first kappa shape index (κ1) is 17.1. The molecule has 0 aliphatic carbocycles. The standard InChI is InChI=1S/C16H16FN3O4/c1-24-13-7-4-10(8-12(13)17)14(16(21)22)19-11-5-2-9(3-6-11)15(18)20-23/h2-8,14,19,23H,1H3,(H2,18,20)(H,21,22). The largest absolute Gasteiger partial charge is 0.494 e. The maximum Gasteiger partial charge on any atom is 0.330 e. The van der Waals surface area contributed by atoms with E-state index in [0.29, 0.717) is 11.3 Å². The molecule has 0 spiro atoms. The number of rotatable bonds is 6. The van der Waals surface area contributed by atoms with Crippen LogP contribution >= 0.6 is 0 Å². The molecule has 7 nitrogen and oxygen atoms in total. The lowest BCUT2D eigenvalue weighted by Crippen LogP contribution is -2.21. The predicted molar refractivity (Wildman–Crippen MR) is 85.9 cm³/mol. The van der Waals surface area contributed by atoms with Crippen LogP contribution in [0.2, 0.25) is 0 Å². The van der Waals surface area contributed by atoms with Gasteiger partial charge >= 0.3 is 5.97 Å². The molecule has 0 amide bonds. The minimum absolute atomic E-state index is 0.0333. The molecule has 1 atom stereocenters. The van der Waals surface area contributed by atoms with Gasteiger partial charge in [0.05, 0.1) is 7.11 Å². The molecule has 0 heterocycles. The summed E-state index contributed by atoms with van der Waals surface area (Å²) in [4.78, 5) is 11.5. The summed E-state index contributed by atoms with van der Waals surface area (Å²) in [5, 5.41) is 23.7. The van der Waals surface area contributed by atoms with Gasteiger partial charge in [-0.3, -0.25) is 0 Å². The van der Waals surface area contributed by atoms with Crippen molar-refractivity contribution in [2.75, 3.05) is 12.4 Å². The predicted octanol–water partition coefficient (Wildman–Crippen LogP) is 2.17. The highest BCUT2D eigenvalue weighted by molar-refractivity contribution is 5.97. The molecule has 0 aliphatic heterocycles. The highest BCUT2D eigenvalue weighted by Crippen LogP contribution is 2.25. The quantitative estimate of drug-likeness (QED) is 0.278. The van der Waals surface area contributed by atoms with Crippen LogP contribution in [-0.4, -0.2) is 29.2 Å². The van der Waals surface area contributed by atoms with Crippen LogP contribution in [-0.2, 0) is 4.79 Å². The number of hydrogen-bond donors (Lipinski definition) is 4. The molecule has 0 aromatic heterocycles. The zero-order chi connectivity index (χ0) is 17.7. The fourth-order valence-electron chi connectivity index (χ4n) is 2.11. The third kappa shape index (κ3) is 3.72. The van der Waals surface area contributed by atoms with Gasteiger partial charge in [-0.2, -0.15) is 0 Å². The summed E-state index contributed by atoms with van der Waals surface area (Å²) >= 11 is 0. The zero-order valence-corrected chi connectivity index (χ0v) is 12.7. The van der Waals surface area contributed by atoms with Crippen LogP contribution in [0.25, 0.3) is 0 Å². The number of halogens is 1. The highest BCUT2D eigenvalue weighted by atomic mass is 19.1. The van der Waals surface area contributed by atoms with Gasteiger partial charge in [-0.15, -0.1) is 0 Å². The van der Waals surface area contributed by atoms with Gasteiger partial charge in [0.1, 0.15) is 0 Å². The lowest BCUT2D eigenvalue weighted by molar-refractivity contribution is -0.138. The summed E-state index contributed by atoms with van der Waals surface area (Å²) < 4.78 is 18.6. The second-order valence-corrected chi connectivity index (χ2v) is 4.87. The second-order valence-electron chi connectivity index (χ2n) is 4.87. The molecule has 0 saturated heterocycles. The number of methoxy groups -OCH3 is 1. The van der Waals surface area contributed by atoms with Crippen molar-refractivity contribution in [1.82, 2.24) is 0 Å². The number of benzene rings is 2. The Morgan fingerprint density at radius 1 is 1.29 bits per heavy atom. The van der Waals surface area contributed by atoms with Crippen molar-refractivity contribution in [2.45, 2.75) is 6.04 Å². The van der Waals surface area contributed by atoms with Crippen LogP contribution in [0.5, 0.6) is 5.75 Å². The van der Waals surface area contributed by atoms with E-state index in [9.17, 15) is 14.3 Å². The molecule has 2 aromatic rings. The average Bonchev–Trinajstić information content (AvgIpc) is 2.59. The van der Waals surface area contributed by atoms with E-state index in [-0.39, 0.29) is 17.1 Å². The third-order valence-electron chi connectivity index (χ3n) is 3.36. The van der Waals surface area contributed by atoms with Gasteiger partial charge in [-0.25, -0.2) is 9.18 Å². The summed E-state index contributed by atoms with van der Waals surface area (Å²) in [6.07, 6.45) is 0. The van der Waals surface area contributed by atoms with Crippen molar-refractivity contribution in [3.63, 3.8) is 0 Å². The number of anilines is 1. The van der Waals surface area contributed by atoms with Gasteiger partial charge < -0.3 is 26.1 Å². The Hall–Kier alpha value is -3.29. The molecule has 0 fully saturated rings. The number of nitrogens with zero attached hydrogens (tertiary/aromatic N) is 1. The number of nitrogens with one attached hydrogen (secondary N) is 1. The summed E-state index contributed by atoms with van der Waals surface area (Å²) in [6.45, 7) is 0. The van der Waals surface area contributed by atoms with Gasteiger partial charge in [0.15, 0.2) is 23.4 Å². The van der Waals surface area contributed by atoms with Crippen molar-refractivity contribution in [3.05, 3.63) is 59.4 Å². The van der Waals surface area contributed by atoms with Crippen LogP contribution in [0, 0.1) is 5.82 Å². The first-order valence-corrected chi connectivity index (χ1v) is 6.87. The van der Waals surface area contributed by atoms with Crippen molar-refractivity contribution >= 4 is 17.5 Å². The van der Waals surface area contributed by atoms with Crippen LogP contribution in [0.4, 0.5) is 10.1 Å². The Morgan fingerprint density at radius 2 is 1.96 bits per heavy atom. The van der Waals surface area contributed by atoms with E-state index in [0.717, 1.165) is 6.07 Å². The average molecular weight is 333 g/mol. The Labute approximate surface area is 137 Å². The van der Waals surface area contributed by atoms with Crippen LogP contribution in [0.3, 0.4) is 0 Å². The van der Waals surface area contributed by atoms with Crippen LogP contribution < -0.4 is 15.8 Å². The lowest BCUT2D eigenvalue weighted by Gasteiger charge is -2.17. The summed E-state index contributed by atoms with van der Waals surface area (Å²) in [6, 6.07) is 9.06. The normalized spacial score (nSPS) is 12.5. The Balaban J connectivity index is 2.26. The molecule has 0 bridgehead atoms. The van der Waals surface area contributed by atoms with Gasteiger partial charge in [0.2, 0.25) is 0 Å². The first-order chi connectivity index (χ1) is 11.5. The molecule has 2 aromatic carbocycles. The first-order valence-electron chi connectivity index (χ1n) is 6.87. The van der Waals surface area contributed by atoms with Crippen molar-refractivity contribution in [3.8, 4) is 5.75 Å². The maximum absolute atomic E-state index is 13.8. The molecule has 126 valence electrons. The molecule has 0 aliphatic rings. The molecule has 8 heteroatoms. The molecule has 2 rings (SSSR count). The number of hydrogen-bond acceptors (Lipinski definition) is 5. The van der Waals surface area contributed by atoms with Crippen LogP contribution in [0.15, 0.2) is 47.6 Å². The van der Waals surface area contributed by atoms with Gasteiger partial charge in [-0.05, 0) is 42.0 Å². The van der Waals surface area contributed by atoms with E-state index in [1.54, 1.807) is 24.3 Å². The van der Waals surface area contributed by atoms with Gasteiger partial charge in [-0.1, -0.05) is 11.2 Å². The number of nitrogens with two attached hydrogens (primary N) is 1. The van der Waals surface area contributed by atoms with Crippen molar-refractivity contribution in [2.24, 2.45) is 10.9 Å².